The van der Waals surface area contributed by atoms with E-state index in [0.717, 1.165) is 25.2 Å². The lowest BCUT2D eigenvalue weighted by Crippen LogP contribution is -2.39. The predicted octanol–water partition coefficient (Wildman–Crippen LogP) is 2.41. The van der Waals surface area contributed by atoms with Crippen molar-refractivity contribution in [1.29, 1.82) is 0 Å². The highest BCUT2D eigenvalue weighted by molar-refractivity contribution is 5.94. The van der Waals surface area contributed by atoms with Crippen molar-refractivity contribution in [2.45, 2.75) is 26.4 Å². The second-order valence-corrected chi connectivity index (χ2v) is 4.63. The molecule has 3 heteroatoms. The first-order valence-corrected chi connectivity index (χ1v) is 6.16. The van der Waals surface area contributed by atoms with Crippen molar-refractivity contribution in [3.63, 3.8) is 0 Å². The number of carbonyl (C=O) groups is 1. The zero-order valence-electron chi connectivity index (χ0n) is 10.7. The van der Waals surface area contributed by atoms with E-state index in [2.05, 4.69) is 18.7 Å². The van der Waals surface area contributed by atoms with Gasteiger partial charge < -0.3 is 4.74 Å². The number of nitrogens with zero attached hydrogens (tertiary/aromatic N) is 1. The van der Waals surface area contributed by atoms with Gasteiger partial charge in [-0.25, -0.2) is 4.79 Å². The average Bonchev–Trinajstić information content (AvgIpc) is 2.60. The van der Waals surface area contributed by atoms with Crippen molar-refractivity contribution in [2.24, 2.45) is 0 Å². The number of carbonyl (C=O) groups excluding carboxylic acids is 1. The first kappa shape index (κ1) is 12.1. The van der Waals surface area contributed by atoms with E-state index in [0.29, 0.717) is 5.56 Å². The summed E-state index contributed by atoms with van der Waals surface area (Å²) in [6.07, 6.45) is 0. The van der Waals surface area contributed by atoms with Gasteiger partial charge in [0.15, 0.2) is 0 Å². The van der Waals surface area contributed by atoms with E-state index in [1.807, 2.05) is 31.2 Å². The average molecular weight is 233 g/mol. The summed E-state index contributed by atoms with van der Waals surface area (Å²) in [7, 11) is 0. The normalized spacial score (nSPS) is 22.7. The lowest BCUT2D eigenvalue weighted by Gasteiger charge is -2.30. The lowest BCUT2D eigenvalue weighted by molar-refractivity contribution is -0.0152. The zero-order chi connectivity index (χ0) is 12.5. The topological polar surface area (TPSA) is 29.5 Å². The Labute approximate surface area is 102 Å². The van der Waals surface area contributed by atoms with Crippen molar-refractivity contribution in [2.75, 3.05) is 19.6 Å². The summed E-state index contributed by atoms with van der Waals surface area (Å²) >= 11 is 0. The molecule has 1 aromatic carbocycles. The van der Waals surface area contributed by atoms with Gasteiger partial charge in [-0.2, -0.15) is 0 Å². The number of ether oxygens (including phenoxy) is 1. The summed E-state index contributed by atoms with van der Waals surface area (Å²) < 4.78 is 5.57. The van der Waals surface area contributed by atoms with Gasteiger partial charge in [0.25, 0.3) is 0 Å². The maximum absolute atomic E-state index is 11.8. The SMILES string of the molecule is CCN(CC)CC1(C)OC(=O)c2ccccc21. The number of esters is 1. The lowest BCUT2D eigenvalue weighted by atomic mass is 9.93. The van der Waals surface area contributed by atoms with E-state index in [9.17, 15) is 4.79 Å². The summed E-state index contributed by atoms with van der Waals surface area (Å²) in [5, 5.41) is 0. The van der Waals surface area contributed by atoms with E-state index in [1.54, 1.807) is 0 Å². The largest absolute Gasteiger partial charge is 0.449 e. The van der Waals surface area contributed by atoms with Crippen LogP contribution in [0.2, 0.25) is 0 Å². The summed E-state index contributed by atoms with van der Waals surface area (Å²) in [5.74, 6) is -0.199. The number of rotatable bonds is 4. The minimum absolute atomic E-state index is 0.199. The molecular weight excluding hydrogens is 214 g/mol. The summed E-state index contributed by atoms with van der Waals surface area (Å²) in [6, 6.07) is 7.67. The van der Waals surface area contributed by atoms with Gasteiger partial charge in [-0.15, -0.1) is 0 Å². The van der Waals surface area contributed by atoms with Crippen LogP contribution in [0.1, 0.15) is 36.7 Å². The van der Waals surface area contributed by atoms with Crippen LogP contribution < -0.4 is 0 Å². The molecule has 1 heterocycles. The molecule has 0 saturated carbocycles. The van der Waals surface area contributed by atoms with E-state index < -0.39 is 5.60 Å². The summed E-state index contributed by atoms with van der Waals surface area (Å²) in [6.45, 7) is 8.92. The highest BCUT2D eigenvalue weighted by atomic mass is 16.6. The van der Waals surface area contributed by atoms with Crippen LogP contribution >= 0.6 is 0 Å². The van der Waals surface area contributed by atoms with Gasteiger partial charge in [-0.05, 0) is 26.1 Å². The number of likely N-dealkylation sites (N-methyl/N-ethyl adjacent to an activating group) is 1. The van der Waals surface area contributed by atoms with Gasteiger partial charge in [0.2, 0.25) is 0 Å². The molecule has 2 rings (SSSR count). The first-order chi connectivity index (χ1) is 8.10. The van der Waals surface area contributed by atoms with Crippen molar-refractivity contribution >= 4 is 5.97 Å². The molecule has 92 valence electrons. The Balaban J connectivity index is 2.31. The smallest absolute Gasteiger partial charge is 0.339 e. The molecule has 1 aliphatic rings. The quantitative estimate of drug-likeness (QED) is 0.748. The van der Waals surface area contributed by atoms with E-state index >= 15 is 0 Å². The molecule has 0 aromatic heterocycles. The molecule has 1 aliphatic heterocycles. The number of fused-ring (bicyclic) bond motifs is 1. The second kappa shape index (κ2) is 4.49. The number of hydrogen-bond acceptors (Lipinski definition) is 3. The Morgan fingerprint density at radius 2 is 1.88 bits per heavy atom. The van der Waals surface area contributed by atoms with E-state index in [-0.39, 0.29) is 5.97 Å². The fourth-order valence-corrected chi connectivity index (χ4v) is 2.43. The van der Waals surface area contributed by atoms with Crippen LogP contribution in [-0.4, -0.2) is 30.5 Å². The molecular formula is C14H19NO2. The summed E-state index contributed by atoms with van der Waals surface area (Å²) in [4.78, 5) is 14.1. The van der Waals surface area contributed by atoms with Crippen molar-refractivity contribution in [3.05, 3.63) is 35.4 Å². The van der Waals surface area contributed by atoms with E-state index in [1.165, 1.54) is 0 Å². The molecule has 0 spiro atoms. The minimum atomic E-state index is -0.500. The van der Waals surface area contributed by atoms with Crippen molar-refractivity contribution < 1.29 is 9.53 Å². The van der Waals surface area contributed by atoms with Gasteiger partial charge >= 0.3 is 5.97 Å². The number of cyclic esters (lactones) is 1. The van der Waals surface area contributed by atoms with Gasteiger partial charge in [0.1, 0.15) is 5.60 Å². The van der Waals surface area contributed by atoms with Crippen LogP contribution in [0.25, 0.3) is 0 Å². The maximum atomic E-state index is 11.8. The standard InChI is InChI=1S/C14H19NO2/c1-4-15(5-2)10-14(3)12-9-7-6-8-11(12)13(16)17-14/h6-9H,4-5,10H2,1-3H3. The number of benzene rings is 1. The van der Waals surface area contributed by atoms with Gasteiger partial charge in [-0.3, -0.25) is 4.90 Å². The van der Waals surface area contributed by atoms with Crippen LogP contribution in [0, 0.1) is 0 Å². The Bertz CT molecular complexity index is 426. The molecule has 1 aromatic rings. The third-order valence-electron chi connectivity index (χ3n) is 3.45. The van der Waals surface area contributed by atoms with Crippen LogP contribution in [-0.2, 0) is 10.3 Å². The number of hydrogen-bond donors (Lipinski definition) is 0. The molecule has 0 amide bonds. The summed E-state index contributed by atoms with van der Waals surface area (Å²) in [5.41, 5.74) is 1.22. The monoisotopic (exact) mass is 233 g/mol. The fourth-order valence-electron chi connectivity index (χ4n) is 2.43. The fraction of sp³-hybridized carbons (Fsp3) is 0.500. The Morgan fingerprint density at radius 3 is 2.53 bits per heavy atom. The Hall–Kier alpha value is -1.35. The molecule has 0 saturated heterocycles. The predicted molar refractivity (Wildman–Crippen MR) is 67.0 cm³/mol. The van der Waals surface area contributed by atoms with Crippen LogP contribution in [0.3, 0.4) is 0 Å². The van der Waals surface area contributed by atoms with Crippen LogP contribution in [0.4, 0.5) is 0 Å². The molecule has 17 heavy (non-hydrogen) atoms. The molecule has 3 nitrogen and oxygen atoms in total. The minimum Gasteiger partial charge on any atom is -0.449 e. The van der Waals surface area contributed by atoms with E-state index in [4.69, 9.17) is 4.74 Å². The highest BCUT2D eigenvalue weighted by Crippen LogP contribution is 2.36. The molecule has 0 fully saturated rings. The Morgan fingerprint density at radius 1 is 1.24 bits per heavy atom. The molecule has 1 unspecified atom stereocenters. The molecule has 0 aliphatic carbocycles. The molecule has 0 radical (unpaired) electrons. The molecule has 1 atom stereocenters. The second-order valence-electron chi connectivity index (χ2n) is 4.63. The third kappa shape index (κ3) is 2.07. The van der Waals surface area contributed by atoms with Gasteiger partial charge in [0.05, 0.1) is 5.56 Å². The zero-order valence-corrected chi connectivity index (χ0v) is 10.7. The van der Waals surface area contributed by atoms with Gasteiger partial charge in [0, 0.05) is 12.1 Å². The Kier molecular flexibility index (Phi) is 3.20. The van der Waals surface area contributed by atoms with Crippen molar-refractivity contribution in [1.82, 2.24) is 4.90 Å². The van der Waals surface area contributed by atoms with Crippen molar-refractivity contribution in [3.8, 4) is 0 Å². The molecule has 0 bridgehead atoms. The van der Waals surface area contributed by atoms with Crippen LogP contribution in [0.5, 0.6) is 0 Å². The third-order valence-corrected chi connectivity index (χ3v) is 3.45. The van der Waals surface area contributed by atoms with Crippen LogP contribution in [0.15, 0.2) is 24.3 Å². The first-order valence-electron chi connectivity index (χ1n) is 6.16. The molecule has 0 N–H and O–H groups in total. The van der Waals surface area contributed by atoms with Gasteiger partial charge in [-0.1, -0.05) is 32.0 Å². The highest BCUT2D eigenvalue weighted by Gasteiger charge is 2.42. The maximum Gasteiger partial charge on any atom is 0.339 e.